The molecule has 0 amide bonds. The highest BCUT2D eigenvalue weighted by Crippen LogP contribution is 2.33. The number of piperidine rings is 1. The van der Waals surface area contributed by atoms with Crippen molar-refractivity contribution in [2.45, 2.75) is 25.3 Å². The lowest BCUT2D eigenvalue weighted by Gasteiger charge is -2.37. The fourth-order valence-corrected chi connectivity index (χ4v) is 3.23. The molecule has 3 aromatic rings. The van der Waals surface area contributed by atoms with Crippen molar-refractivity contribution in [3.63, 3.8) is 0 Å². The van der Waals surface area contributed by atoms with Crippen molar-refractivity contribution in [3.8, 4) is 11.3 Å². The summed E-state index contributed by atoms with van der Waals surface area (Å²) < 4.78 is 0. The highest BCUT2D eigenvalue weighted by Gasteiger charge is 2.27. The standard InChI is InChI=1S/C16H19ClN8/c1-16(19)3-6-25(7-4-16)10-8-21-13-12(23-24-15(13)22-10)9-2-5-20-14(18)11(9)17/h2,5,8H,3-4,6-7,19H2,1H3,(H2,18,20)(H,22,23,24). The molecule has 130 valence electrons. The van der Waals surface area contributed by atoms with Crippen LogP contribution in [0.5, 0.6) is 0 Å². The van der Waals surface area contributed by atoms with Crippen LogP contribution in [0.25, 0.3) is 22.4 Å². The minimum absolute atomic E-state index is 0.106. The zero-order valence-corrected chi connectivity index (χ0v) is 14.6. The van der Waals surface area contributed by atoms with Crippen LogP contribution >= 0.6 is 11.6 Å². The lowest BCUT2D eigenvalue weighted by Crippen LogP contribution is -2.48. The Hall–Kier alpha value is -2.45. The Bertz CT molecular complexity index is 925. The maximum Gasteiger partial charge on any atom is 0.202 e. The van der Waals surface area contributed by atoms with Gasteiger partial charge in [-0.05, 0) is 25.8 Å². The number of aromatic amines is 1. The molecule has 0 aromatic carbocycles. The number of anilines is 2. The molecule has 0 saturated carbocycles. The first kappa shape index (κ1) is 16.0. The molecule has 8 nitrogen and oxygen atoms in total. The number of nitrogens with zero attached hydrogens (tertiary/aromatic N) is 5. The molecule has 4 rings (SSSR count). The summed E-state index contributed by atoms with van der Waals surface area (Å²) in [5.41, 5.74) is 14.5. The van der Waals surface area contributed by atoms with E-state index in [1.54, 1.807) is 18.5 Å². The second-order valence-corrected chi connectivity index (χ2v) is 7.08. The molecule has 5 N–H and O–H groups in total. The number of fused-ring (bicyclic) bond motifs is 1. The summed E-state index contributed by atoms with van der Waals surface area (Å²) in [5, 5.41) is 7.61. The molecule has 9 heteroatoms. The predicted molar refractivity (Wildman–Crippen MR) is 98.4 cm³/mol. The molecule has 0 aliphatic carbocycles. The zero-order chi connectivity index (χ0) is 17.6. The summed E-state index contributed by atoms with van der Waals surface area (Å²) in [4.78, 5) is 15.3. The van der Waals surface area contributed by atoms with Crippen molar-refractivity contribution in [2.75, 3.05) is 23.7 Å². The van der Waals surface area contributed by atoms with E-state index in [0.717, 1.165) is 31.7 Å². The van der Waals surface area contributed by atoms with Gasteiger partial charge >= 0.3 is 0 Å². The third-order valence-electron chi connectivity index (χ3n) is 4.67. The Morgan fingerprint density at radius 3 is 2.80 bits per heavy atom. The number of nitrogens with two attached hydrogens (primary N) is 2. The predicted octanol–water partition coefficient (Wildman–Crippen LogP) is 1.97. The second-order valence-electron chi connectivity index (χ2n) is 6.70. The monoisotopic (exact) mass is 358 g/mol. The van der Waals surface area contributed by atoms with E-state index in [1.165, 1.54) is 0 Å². The first-order chi connectivity index (χ1) is 11.9. The van der Waals surface area contributed by atoms with Gasteiger partial charge in [-0.3, -0.25) is 5.10 Å². The molecule has 3 aromatic heterocycles. The first-order valence-electron chi connectivity index (χ1n) is 8.10. The molecule has 1 aliphatic heterocycles. The minimum Gasteiger partial charge on any atom is -0.382 e. The van der Waals surface area contributed by atoms with Crippen molar-refractivity contribution < 1.29 is 0 Å². The Labute approximate surface area is 149 Å². The fourth-order valence-electron chi connectivity index (χ4n) is 3.03. The van der Waals surface area contributed by atoms with Crippen LogP contribution in [0, 0.1) is 0 Å². The van der Waals surface area contributed by atoms with E-state index in [-0.39, 0.29) is 11.4 Å². The highest BCUT2D eigenvalue weighted by atomic mass is 35.5. The van der Waals surface area contributed by atoms with Gasteiger partial charge in [-0.25, -0.2) is 15.0 Å². The lowest BCUT2D eigenvalue weighted by atomic mass is 9.91. The van der Waals surface area contributed by atoms with Gasteiger partial charge in [-0.15, -0.1) is 0 Å². The van der Waals surface area contributed by atoms with Crippen LogP contribution in [-0.2, 0) is 0 Å². The number of rotatable bonds is 2. The SMILES string of the molecule is CC1(N)CCN(c2cnc3c(-c4ccnc(N)c4Cl)[nH]nc3n2)CC1. The van der Waals surface area contributed by atoms with E-state index in [9.17, 15) is 0 Å². The van der Waals surface area contributed by atoms with Gasteiger partial charge < -0.3 is 16.4 Å². The van der Waals surface area contributed by atoms with Gasteiger partial charge in [0.25, 0.3) is 0 Å². The van der Waals surface area contributed by atoms with Gasteiger partial charge in [0.15, 0.2) is 0 Å². The number of pyridine rings is 1. The quantitative estimate of drug-likeness (QED) is 0.639. The van der Waals surface area contributed by atoms with Gasteiger partial charge in [-0.2, -0.15) is 5.10 Å². The maximum absolute atomic E-state index is 6.26. The van der Waals surface area contributed by atoms with Gasteiger partial charge in [0.05, 0.1) is 16.9 Å². The van der Waals surface area contributed by atoms with Crippen LogP contribution in [0.4, 0.5) is 11.6 Å². The topological polar surface area (TPSA) is 123 Å². The van der Waals surface area contributed by atoms with Crippen molar-refractivity contribution in [1.29, 1.82) is 0 Å². The first-order valence-corrected chi connectivity index (χ1v) is 8.48. The second kappa shape index (κ2) is 5.82. The Kier molecular flexibility index (Phi) is 3.73. The molecule has 4 heterocycles. The molecular weight excluding hydrogens is 340 g/mol. The summed E-state index contributed by atoms with van der Waals surface area (Å²) >= 11 is 6.26. The third-order valence-corrected chi connectivity index (χ3v) is 5.06. The Morgan fingerprint density at radius 1 is 1.28 bits per heavy atom. The molecule has 1 fully saturated rings. The number of halogens is 1. The fraction of sp³-hybridized carbons (Fsp3) is 0.375. The number of nitrogens with one attached hydrogen (secondary N) is 1. The number of hydrogen-bond acceptors (Lipinski definition) is 7. The van der Waals surface area contributed by atoms with E-state index in [0.29, 0.717) is 27.4 Å². The van der Waals surface area contributed by atoms with Crippen molar-refractivity contribution in [1.82, 2.24) is 25.1 Å². The van der Waals surface area contributed by atoms with Crippen LogP contribution in [0.15, 0.2) is 18.5 Å². The molecule has 1 saturated heterocycles. The smallest absolute Gasteiger partial charge is 0.202 e. The van der Waals surface area contributed by atoms with Crippen molar-refractivity contribution in [2.24, 2.45) is 5.73 Å². The van der Waals surface area contributed by atoms with Crippen LogP contribution in [-0.4, -0.2) is 43.8 Å². The molecular formula is C16H19ClN8. The molecule has 0 unspecified atom stereocenters. The van der Waals surface area contributed by atoms with Crippen LogP contribution in [0.2, 0.25) is 5.02 Å². The molecule has 0 spiro atoms. The summed E-state index contributed by atoms with van der Waals surface area (Å²) in [5.74, 6) is 1.08. The molecule has 1 aliphatic rings. The number of aromatic nitrogens is 5. The molecule has 25 heavy (non-hydrogen) atoms. The van der Waals surface area contributed by atoms with Crippen molar-refractivity contribution >= 4 is 34.4 Å². The number of H-pyrrole nitrogens is 1. The van der Waals surface area contributed by atoms with E-state index in [4.69, 9.17) is 23.1 Å². The largest absolute Gasteiger partial charge is 0.382 e. The van der Waals surface area contributed by atoms with Gasteiger partial charge in [0.1, 0.15) is 17.2 Å². The molecule has 0 bridgehead atoms. The third kappa shape index (κ3) is 2.87. The number of hydrogen-bond donors (Lipinski definition) is 3. The Morgan fingerprint density at radius 2 is 2.04 bits per heavy atom. The summed E-state index contributed by atoms with van der Waals surface area (Å²) in [6.07, 6.45) is 5.20. The van der Waals surface area contributed by atoms with Gasteiger partial charge in [0.2, 0.25) is 5.65 Å². The van der Waals surface area contributed by atoms with E-state index in [1.807, 2.05) is 0 Å². The molecule has 0 radical (unpaired) electrons. The van der Waals surface area contributed by atoms with Crippen LogP contribution in [0.1, 0.15) is 19.8 Å². The van der Waals surface area contributed by atoms with Crippen LogP contribution in [0.3, 0.4) is 0 Å². The van der Waals surface area contributed by atoms with Gasteiger partial charge in [-0.1, -0.05) is 11.6 Å². The normalized spacial score (nSPS) is 17.2. The lowest BCUT2D eigenvalue weighted by molar-refractivity contribution is 0.363. The minimum atomic E-state index is -0.106. The average molecular weight is 359 g/mol. The van der Waals surface area contributed by atoms with E-state index < -0.39 is 0 Å². The van der Waals surface area contributed by atoms with E-state index in [2.05, 4.69) is 37.0 Å². The average Bonchev–Trinajstić information content (AvgIpc) is 3.00. The zero-order valence-electron chi connectivity index (χ0n) is 13.8. The Balaban J connectivity index is 1.69. The van der Waals surface area contributed by atoms with Gasteiger partial charge in [0, 0.05) is 30.4 Å². The summed E-state index contributed by atoms with van der Waals surface area (Å²) in [6.45, 7) is 3.80. The summed E-state index contributed by atoms with van der Waals surface area (Å²) in [7, 11) is 0. The summed E-state index contributed by atoms with van der Waals surface area (Å²) in [6, 6.07) is 1.77. The van der Waals surface area contributed by atoms with E-state index >= 15 is 0 Å². The number of nitrogen functional groups attached to an aromatic ring is 1. The highest BCUT2D eigenvalue weighted by molar-refractivity contribution is 6.35. The molecule has 0 atom stereocenters. The maximum atomic E-state index is 6.26. The van der Waals surface area contributed by atoms with Crippen LogP contribution < -0.4 is 16.4 Å². The van der Waals surface area contributed by atoms with Crippen molar-refractivity contribution in [3.05, 3.63) is 23.5 Å².